The van der Waals surface area contributed by atoms with Crippen LogP contribution in [0.5, 0.6) is 0 Å². The van der Waals surface area contributed by atoms with Gasteiger partial charge in [-0.05, 0) is 31.7 Å². The van der Waals surface area contributed by atoms with Crippen molar-refractivity contribution in [2.24, 2.45) is 5.92 Å². The average molecular weight is 315 g/mol. The number of fused-ring (bicyclic) bond motifs is 1. The number of ether oxygens (including phenoxy) is 1. The van der Waals surface area contributed by atoms with Crippen molar-refractivity contribution in [3.63, 3.8) is 0 Å². The zero-order chi connectivity index (χ0) is 16.4. The summed E-state index contributed by atoms with van der Waals surface area (Å²) < 4.78 is 5.30. The lowest BCUT2D eigenvalue weighted by Gasteiger charge is -2.28. The normalized spacial score (nSPS) is 24.7. The molecule has 2 aliphatic rings. The Hall–Kier alpha value is -2.17. The Morgan fingerprint density at radius 1 is 1.22 bits per heavy atom. The van der Waals surface area contributed by atoms with E-state index in [0.29, 0.717) is 0 Å². The lowest BCUT2D eigenvalue weighted by Crippen LogP contribution is -2.46. The zero-order valence-corrected chi connectivity index (χ0v) is 13.2. The Bertz CT molecular complexity index is 613. The Labute approximate surface area is 135 Å². The third kappa shape index (κ3) is 3.14. The van der Waals surface area contributed by atoms with E-state index in [9.17, 15) is 14.4 Å². The molecule has 3 atom stereocenters. The van der Waals surface area contributed by atoms with E-state index in [-0.39, 0.29) is 24.3 Å². The molecule has 0 spiro atoms. The molecule has 1 aromatic carbocycles. The standard InChI is InChI=1S/C18H21NO4/c1-12(15(20)11-13-7-3-2-4-8-13)17(21)19-14-9-5-6-10-16(14)23-18(19)22/h2-4,7-8,12,14,16H,5-6,9-11H2,1H3/t12-,14+,16+/m1/s1. The molecular formula is C18H21NO4. The van der Waals surface area contributed by atoms with Crippen molar-refractivity contribution in [1.29, 1.82) is 0 Å². The second-order valence-electron chi connectivity index (χ2n) is 6.33. The van der Waals surface area contributed by atoms with Crippen molar-refractivity contribution >= 4 is 17.8 Å². The number of imide groups is 1. The predicted octanol–water partition coefficient (Wildman–Crippen LogP) is 2.72. The van der Waals surface area contributed by atoms with Crippen LogP contribution in [0.1, 0.15) is 38.2 Å². The summed E-state index contributed by atoms with van der Waals surface area (Å²) in [6.07, 6.45) is 2.97. The number of rotatable bonds is 4. The van der Waals surface area contributed by atoms with Gasteiger partial charge in [0.15, 0.2) is 0 Å². The summed E-state index contributed by atoms with van der Waals surface area (Å²) in [5.41, 5.74) is 0.872. The molecule has 1 heterocycles. The molecular weight excluding hydrogens is 294 g/mol. The van der Waals surface area contributed by atoms with E-state index in [1.807, 2.05) is 30.3 Å². The van der Waals surface area contributed by atoms with Gasteiger partial charge in [-0.15, -0.1) is 0 Å². The fourth-order valence-electron chi connectivity index (χ4n) is 3.38. The van der Waals surface area contributed by atoms with Crippen LogP contribution in [0.2, 0.25) is 0 Å². The maximum Gasteiger partial charge on any atom is 0.417 e. The average Bonchev–Trinajstić information content (AvgIpc) is 2.90. The minimum absolute atomic E-state index is 0.173. The molecule has 5 nitrogen and oxygen atoms in total. The molecule has 122 valence electrons. The molecule has 0 unspecified atom stereocenters. The highest BCUT2D eigenvalue weighted by Gasteiger charge is 2.47. The highest BCUT2D eigenvalue weighted by atomic mass is 16.6. The monoisotopic (exact) mass is 315 g/mol. The van der Waals surface area contributed by atoms with Crippen LogP contribution in [-0.4, -0.2) is 34.8 Å². The number of hydrogen-bond donors (Lipinski definition) is 0. The molecule has 1 aliphatic heterocycles. The van der Waals surface area contributed by atoms with Crippen molar-refractivity contribution in [2.75, 3.05) is 0 Å². The molecule has 1 saturated heterocycles. The van der Waals surface area contributed by atoms with E-state index in [0.717, 1.165) is 31.2 Å². The first-order chi connectivity index (χ1) is 11.1. The molecule has 2 fully saturated rings. The summed E-state index contributed by atoms with van der Waals surface area (Å²) in [4.78, 5) is 38.3. The summed E-state index contributed by atoms with van der Waals surface area (Å²) >= 11 is 0. The van der Waals surface area contributed by atoms with Gasteiger partial charge in [-0.25, -0.2) is 9.69 Å². The summed E-state index contributed by atoms with van der Waals surface area (Å²) in [6.45, 7) is 1.58. The Kier molecular flexibility index (Phi) is 4.46. The van der Waals surface area contributed by atoms with Crippen LogP contribution >= 0.6 is 0 Å². The van der Waals surface area contributed by atoms with Gasteiger partial charge >= 0.3 is 6.09 Å². The van der Waals surface area contributed by atoms with E-state index in [1.165, 1.54) is 4.90 Å². The van der Waals surface area contributed by atoms with Gasteiger partial charge in [-0.1, -0.05) is 36.8 Å². The first kappa shape index (κ1) is 15.7. The van der Waals surface area contributed by atoms with Gasteiger partial charge in [0, 0.05) is 6.42 Å². The minimum atomic E-state index is -0.830. The van der Waals surface area contributed by atoms with Crippen LogP contribution in [0.4, 0.5) is 4.79 Å². The minimum Gasteiger partial charge on any atom is -0.444 e. The van der Waals surface area contributed by atoms with Crippen molar-refractivity contribution in [1.82, 2.24) is 4.90 Å². The summed E-state index contributed by atoms with van der Waals surface area (Å²) in [6, 6.07) is 9.12. The highest BCUT2D eigenvalue weighted by Crippen LogP contribution is 2.32. The summed E-state index contributed by atoms with van der Waals surface area (Å²) in [7, 11) is 0. The number of amides is 2. The molecule has 2 amide bonds. The number of nitrogens with zero attached hydrogens (tertiary/aromatic N) is 1. The molecule has 1 aromatic rings. The number of carbonyl (C=O) groups excluding carboxylic acids is 3. The molecule has 23 heavy (non-hydrogen) atoms. The quantitative estimate of drug-likeness (QED) is 0.801. The largest absolute Gasteiger partial charge is 0.444 e. The van der Waals surface area contributed by atoms with Crippen molar-refractivity contribution in [2.45, 2.75) is 51.2 Å². The van der Waals surface area contributed by atoms with E-state index in [4.69, 9.17) is 4.74 Å². The van der Waals surface area contributed by atoms with Gasteiger partial charge in [0.05, 0.1) is 12.0 Å². The third-order valence-corrected chi connectivity index (χ3v) is 4.76. The molecule has 1 saturated carbocycles. The van der Waals surface area contributed by atoms with Crippen LogP contribution < -0.4 is 0 Å². The van der Waals surface area contributed by atoms with Gasteiger partial charge in [-0.2, -0.15) is 0 Å². The molecule has 3 rings (SSSR count). The lowest BCUT2D eigenvalue weighted by molar-refractivity contribution is -0.139. The lowest BCUT2D eigenvalue weighted by atomic mass is 9.91. The Morgan fingerprint density at radius 3 is 2.65 bits per heavy atom. The van der Waals surface area contributed by atoms with E-state index < -0.39 is 17.9 Å². The fraction of sp³-hybridized carbons (Fsp3) is 0.500. The second kappa shape index (κ2) is 6.52. The van der Waals surface area contributed by atoms with Crippen molar-refractivity contribution in [3.8, 4) is 0 Å². The van der Waals surface area contributed by atoms with Gasteiger partial charge < -0.3 is 4.74 Å². The van der Waals surface area contributed by atoms with Crippen LogP contribution in [0.3, 0.4) is 0 Å². The van der Waals surface area contributed by atoms with Crippen LogP contribution in [0.25, 0.3) is 0 Å². The van der Waals surface area contributed by atoms with Crippen LogP contribution in [-0.2, 0) is 20.7 Å². The first-order valence-corrected chi connectivity index (χ1v) is 8.18. The maximum atomic E-state index is 12.6. The number of benzene rings is 1. The van der Waals surface area contributed by atoms with Crippen molar-refractivity contribution in [3.05, 3.63) is 35.9 Å². The predicted molar refractivity (Wildman–Crippen MR) is 83.7 cm³/mol. The number of hydrogen-bond acceptors (Lipinski definition) is 4. The summed E-state index contributed by atoms with van der Waals surface area (Å²) in [5.74, 6) is -1.43. The fourth-order valence-corrected chi connectivity index (χ4v) is 3.38. The Balaban J connectivity index is 1.69. The number of Topliss-reactive ketones (excluding diaryl/α,β-unsaturated/α-hetero) is 1. The van der Waals surface area contributed by atoms with Crippen LogP contribution in [0.15, 0.2) is 30.3 Å². The molecule has 0 bridgehead atoms. The number of ketones is 1. The highest BCUT2D eigenvalue weighted by molar-refractivity contribution is 6.07. The van der Waals surface area contributed by atoms with E-state index in [2.05, 4.69) is 0 Å². The Morgan fingerprint density at radius 2 is 1.91 bits per heavy atom. The molecule has 0 N–H and O–H groups in total. The van der Waals surface area contributed by atoms with Gasteiger partial charge in [0.2, 0.25) is 5.91 Å². The molecule has 5 heteroatoms. The topological polar surface area (TPSA) is 63.7 Å². The number of carbonyl (C=O) groups is 3. The SMILES string of the molecule is C[C@H](C(=O)Cc1ccccc1)C(=O)N1C(=O)O[C@H]2CCCC[C@@H]21. The third-order valence-electron chi connectivity index (χ3n) is 4.76. The maximum absolute atomic E-state index is 12.6. The molecule has 0 radical (unpaired) electrons. The smallest absolute Gasteiger partial charge is 0.417 e. The summed E-state index contributed by atoms with van der Waals surface area (Å²) in [5, 5.41) is 0. The van der Waals surface area contributed by atoms with Crippen LogP contribution in [0, 0.1) is 5.92 Å². The van der Waals surface area contributed by atoms with Gasteiger partial charge in [-0.3, -0.25) is 9.59 Å². The van der Waals surface area contributed by atoms with Crippen molar-refractivity contribution < 1.29 is 19.1 Å². The second-order valence-corrected chi connectivity index (χ2v) is 6.33. The van der Waals surface area contributed by atoms with E-state index >= 15 is 0 Å². The van der Waals surface area contributed by atoms with Gasteiger partial charge in [0.25, 0.3) is 0 Å². The molecule has 1 aliphatic carbocycles. The first-order valence-electron chi connectivity index (χ1n) is 8.18. The van der Waals surface area contributed by atoms with E-state index in [1.54, 1.807) is 6.92 Å². The zero-order valence-electron chi connectivity index (χ0n) is 13.2. The van der Waals surface area contributed by atoms with Gasteiger partial charge in [0.1, 0.15) is 11.9 Å². The molecule has 0 aromatic heterocycles.